The summed E-state index contributed by atoms with van der Waals surface area (Å²) in [6.07, 6.45) is -2.99. The van der Waals surface area contributed by atoms with Crippen LogP contribution >= 0.6 is 0 Å². The van der Waals surface area contributed by atoms with Gasteiger partial charge in [0.15, 0.2) is 5.03 Å². The molecule has 4 N–H and O–H groups in total. The Morgan fingerprint density at radius 2 is 1.85 bits per heavy atom. The zero-order valence-corrected chi connectivity index (χ0v) is 18.9. The van der Waals surface area contributed by atoms with Crippen LogP contribution < -0.4 is 15.4 Å². The van der Waals surface area contributed by atoms with E-state index in [9.17, 15) is 31.5 Å². The van der Waals surface area contributed by atoms with E-state index in [1.165, 1.54) is 6.07 Å². The monoisotopic (exact) mass is 487 g/mol. The summed E-state index contributed by atoms with van der Waals surface area (Å²) in [6.45, 7) is 5.83. The summed E-state index contributed by atoms with van der Waals surface area (Å²) in [5.41, 5.74) is -2.47. The van der Waals surface area contributed by atoms with E-state index < -0.39 is 38.3 Å². The van der Waals surface area contributed by atoms with E-state index in [1.54, 1.807) is 25.7 Å². The minimum atomic E-state index is -4.73. The van der Waals surface area contributed by atoms with Gasteiger partial charge in [0, 0.05) is 49.1 Å². The Labute approximate surface area is 188 Å². The van der Waals surface area contributed by atoms with Gasteiger partial charge in [0.25, 0.3) is 15.9 Å². The predicted molar refractivity (Wildman–Crippen MR) is 114 cm³/mol. The number of nitrogens with zero attached hydrogens (tertiary/aromatic N) is 3. The van der Waals surface area contributed by atoms with Crippen molar-refractivity contribution in [2.24, 2.45) is 17.0 Å². The van der Waals surface area contributed by atoms with Crippen LogP contribution in [-0.2, 0) is 16.2 Å². The number of carbonyl (C=O) groups is 1. The number of sulfonamides is 1. The van der Waals surface area contributed by atoms with Crippen molar-refractivity contribution in [3.05, 3.63) is 41.7 Å². The second kappa shape index (κ2) is 8.54. The molecule has 2 aromatic heterocycles. The molecular formula is C20H24F3N5O4S. The van der Waals surface area contributed by atoms with Gasteiger partial charge in [0.05, 0.1) is 16.7 Å². The van der Waals surface area contributed by atoms with Gasteiger partial charge in [-0.3, -0.25) is 4.79 Å². The first-order valence-corrected chi connectivity index (χ1v) is 11.5. The Hall–Kier alpha value is -2.77. The molecule has 1 aliphatic rings. The predicted octanol–water partition coefficient (Wildman–Crippen LogP) is 2.24. The third-order valence-corrected chi connectivity index (χ3v) is 6.81. The minimum Gasteiger partial charge on any atom is -0.389 e. The van der Waals surface area contributed by atoms with Gasteiger partial charge < -0.3 is 15.3 Å². The van der Waals surface area contributed by atoms with E-state index in [2.05, 4.69) is 15.3 Å². The van der Waals surface area contributed by atoms with Crippen LogP contribution in [0, 0.1) is 11.8 Å². The van der Waals surface area contributed by atoms with Crippen LogP contribution in [0.15, 0.2) is 35.6 Å². The normalized spacial score (nSPS) is 23.9. The maximum atomic E-state index is 13.3. The average Bonchev–Trinajstić information content (AvgIpc) is 2.70. The Bertz CT molecular complexity index is 1160. The van der Waals surface area contributed by atoms with E-state index in [-0.39, 0.29) is 42.0 Å². The van der Waals surface area contributed by atoms with E-state index in [4.69, 9.17) is 5.14 Å². The van der Waals surface area contributed by atoms with E-state index in [1.807, 2.05) is 0 Å². The number of pyridine rings is 2. The molecule has 180 valence electrons. The van der Waals surface area contributed by atoms with E-state index in [0.29, 0.717) is 12.3 Å². The number of aliphatic hydroxyl groups is 1. The summed E-state index contributed by atoms with van der Waals surface area (Å²) >= 11 is 0. The highest BCUT2D eigenvalue weighted by Gasteiger charge is 2.42. The molecule has 0 aromatic carbocycles. The number of carbonyl (C=O) groups excluding carboxylic acids is 1. The molecule has 2 aromatic rings. The van der Waals surface area contributed by atoms with Crippen LogP contribution in [0.2, 0.25) is 0 Å². The van der Waals surface area contributed by atoms with Gasteiger partial charge in [0.1, 0.15) is 5.82 Å². The molecule has 1 saturated heterocycles. The number of nitrogens with one attached hydrogen (secondary N) is 1. The molecule has 0 bridgehead atoms. The van der Waals surface area contributed by atoms with Gasteiger partial charge in [-0.05, 0) is 19.1 Å². The van der Waals surface area contributed by atoms with Crippen LogP contribution in [0.25, 0.3) is 0 Å². The number of hydrogen-bond acceptors (Lipinski definition) is 7. The van der Waals surface area contributed by atoms with Gasteiger partial charge in [-0.15, -0.1) is 0 Å². The molecule has 0 saturated carbocycles. The summed E-state index contributed by atoms with van der Waals surface area (Å²) in [5, 5.41) is 17.6. The van der Waals surface area contributed by atoms with Crippen molar-refractivity contribution >= 4 is 27.4 Å². The van der Waals surface area contributed by atoms with Crippen LogP contribution in [-0.4, -0.2) is 48.1 Å². The number of anilines is 2. The van der Waals surface area contributed by atoms with Crippen molar-refractivity contribution in [3.63, 3.8) is 0 Å². The van der Waals surface area contributed by atoms with Crippen molar-refractivity contribution in [2.45, 2.75) is 37.6 Å². The summed E-state index contributed by atoms with van der Waals surface area (Å²) in [6, 6.07) is 2.97. The lowest BCUT2D eigenvalue weighted by Gasteiger charge is -2.46. The van der Waals surface area contributed by atoms with Crippen LogP contribution in [0.4, 0.5) is 24.7 Å². The lowest BCUT2D eigenvalue weighted by Crippen LogP contribution is -2.55. The first-order valence-electron chi connectivity index (χ1n) is 9.95. The maximum absolute atomic E-state index is 13.3. The summed E-state index contributed by atoms with van der Waals surface area (Å²) in [5.74, 6) is -1.40. The Kier molecular flexibility index (Phi) is 6.43. The van der Waals surface area contributed by atoms with Crippen molar-refractivity contribution < 1.29 is 31.5 Å². The first-order chi connectivity index (χ1) is 15.1. The summed E-state index contributed by atoms with van der Waals surface area (Å²) in [7, 11) is -4.16. The number of primary sulfonamides is 1. The zero-order valence-electron chi connectivity index (χ0n) is 18.1. The molecule has 9 nitrogen and oxygen atoms in total. The molecule has 0 aliphatic carbocycles. The average molecular weight is 488 g/mol. The van der Waals surface area contributed by atoms with Gasteiger partial charge in [-0.1, -0.05) is 13.8 Å². The van der Waals surface area contributed by atoms with E-state index in [0.717, 1.165) is 12.3 Å². The minimum absolute atomic E-state index is 0.0225. The highest BCUT2D eigenvalue weighted by atomic mass is 32.2. The molecule has 1 aliphatic heterocycles. The lowest BCUT2D eigenvalue weighted by atomic mass is 9.76. The molecule has 13 heteroatoms. The third kappa shape index (κ3) is 5.25. The number of nitrogens with two attached hydrogens (primary N) is 1. The Morgan fingerprint density at radius 3 is 2.39 bits per heavy atom. The molecule has 0 radical (unpaired) electrons. The highest BCUT2D eigenvalue weighted by Crippen LogP contribution is 2.37. The van der Waals surface area contributed by atoms with E-state index >= 15 is 0 Å². The standard InChI is InChI=1S/C20H24F3N5O4S/c1-11-9-28(10-12(2)19(11,3)30)17-15(6-13(8-26-17)20(21,22)23)18(29)27-14-4-5-25-16(7-14)33(24,31)32/h4-8,11-12,30H,9-10H2,1-3H3,(H2,24,31,32)(H,25,27,29)/t11-,12+,19?. The molecule has 1 amide bonds. The fourth-order valence-corrected chi connectivity index (χ4v) is 4.14. The molecule has 0 spiro atoms. The van der Waals surface area contributed by atoms with Crippen molar-refractivity contribution in [1.82, 2.24) is 9.97 Å². The van der Waals surface area contributed by atoms with Gasteiger partial charge in [-0.2, -0.15) is 13.2 Å². The van der Waals surface area contributed by atoms with Gasteiger partial charge in [-0.25, -0.2) is 23.5 Å². The molecule has 1 fully saturated rings. The fraction of sp³-hybridized carbons (Fsp3) is 0.450. The molecule has 1 unspecified atom stereocenters. The molecule has 33 heavy (non-hydrogen) atoms. The third-order valence-electron chi connectivity index (χ3n) is 6.01. The number of aromatic nitrogens is 2. The quantitative estimate of drug-likeness (QED) is 0.601. The first kappa shape index (κ1) is 24.9. The van der Waals surface area contributed by atoms with Crippen molar-refractivity contribution in [1.29, 1.82) is 0 Å². The lowest BCUT2D eigenvalue weighted by molar-refractivity contribution is -0.137. The SMILES string of the molecule is C[C@@H]1CN(c2ncc(C(F)(F)F)cc2C(=O)Nc2ccnc(S(N)(=O)=O)c2)C[C@H](C)C1(C)O. The largest absolute Gasteiger partial charge is 0.417 e. The van der Waals surface area contributed by atoms with Gasteiger partial charge in [0.2, 0.25) is 0 Å². The number of hydrogen-bond donors (Lipinski definition) is 3. The molecule has 3 rings (SSSR count). The van der Waals surface area contributed by atoms with Crippen LogP contribution in [0.3, 0.4) is 0 Å². The van der Waals surface area contributed by atoms with Crippen molar-refractivity contribution in [3.8, 4) is 0 Å². The number of halogens is 3. The summed E-state index contributed by atoms with van der Waals surface area (Å²) < 4.78 is 63.0. The zero-order chi connectivity index (χ0) is 24.8. The molecule has 3 atom stereocenters. The topological polar surface area (TPSA) is 139 Å². The second-order valence-corrected chi connectivity index (χ2v) is 9.92. The Balaban J connectivity index is 2.01. The van der Waals surface area contributed by atoms with Crippen LogP contribution in [0.5, 0.6) is 0 Å². The number of alkyl halides is 3. The highest BCUT2D eigenvalue weighted by molar-refractivity contribution is 7.89. The number of amides is 1. The fourth-order valence-electron chi connectivity index (χ4n) is 3.64. The van der Waals surface area contributed by atoms with Crippen molar-refractivity contribution in [2.75, 3.05) is 23.3 Å². The molecule has 3 heterocycles. The number of piperidine rings is 1. The maximum Gasteiger partial charge on any atom is 0.417 e. The van der Waals surface area contributed by atoms with Gasteiger partial charge >= 0.3 is 6.18 Å². The smallest absolute Gasteiger partial charge is 0.389 e. The second-order valence-electron chi connectivity index (χ2n) is 8.41. The summed E-state index contributed by atoms with van der Waals surface area (Å²) in [4.78, 5) is 22.2. The Morgan fingerprint density at radius 1 is 1.24 bits per heavy atom. The molecular weight excluding hydrogens is 463 g/mol. The van der Waals surface area contributed by atoms with Crippen LogP contribution in [0.1, 0.15) is 36.7 Å². The number of rotatable bonds is 4.